The van der Waals surface area contributed by atoms with Crippen LogP contribution >= 0.6 is 0 Å². The Bertz CT molecular complexity index is 336. The number of aryl methyl sites for hydroxylation is 1. The molecule has 0 radical (unpaired) electrons. The van der Waals surface area contributed by atoms with Crippen molar-refractivity contribution in [3.8, 4) is 5.88 Å². The number of halogens is 2. The fraction of sp³-hybridized carbons (Fsp3) is 0.500. The van der Waals surface area contributed by atoms with Gasteiger partial charge in [0, 0.05) is 13.1 Å². The monoisotopic (exact) mass is 204 g/mol. The molecule has 1 aromatic rings. The molecule has 0 amide bonds. The van der Waals surface area contributed by atoms with E-state index in [1.54, 1.807) is 0 Å². The van der Waals surface area contributed by atoms with E-state index < -0.39 is 6.43 Å². The minimum absolute atomic E-state index is 0.137. The largest absolute Gasteiger partial charge is 0.470 e. The van der Waals surface area contributed by atoms with Crippen LogP contribution in [0.5, 0.6) is 5.88 Å². The highest BCUT2D eigenvalue weighted by atomic mass is 19.3. The summed E-state index contributed by atoms with van der Waals surface area (Å²) >= 11 is 0. The molecule has 0 aliphatic carbocycles. The predicted octanol–water partition coefficient (Wildman–Crippen LogP) is 1.33. The zero-order chi connectivity index (χ0) is 10.7. The fourth-order valence-corrected chi connectivity index (χ4v) is 0.889. The maximum absolute atomic E-state index is 12.2. The summed E-state index contributed by atoms with van der Waals surface area (Å²) in [5.74, 6) is -0.0136. The van der Waals surface area contributed by atoms with Gasteiger partial charge >= 0.3 is 0 Å². The summed E-state index contributed by atoms with van der Waals surface area (Å²) in [6.45, 7) is 1.21. The number of hydrogen-bond acceptors (Lipinski definition) is 3. The normalized spacial score (nSPS) is 10.6. The van der Waals surface area contributed by atoms with Gasteiger partial charge in [0.25, 0.3) is 6.43 Å². The van der Waals surface area contributed by atoms with Crippen LogP contribution in [0.4, 0.5) is 8.78 Å². The highest BCUT2D eigenvalue weighted by molar-refractivity contribution is 5.77. The quantitative estimate of drug-likeness (QED) is 0.743. The average Bonchev–Trinajstić information content (AvgIpc) is 2.43. The number of alkyl halides is 2. The van der Waals surface area contributed by atoms with Gasteiger partial charge in [-0.15, -0.1) is 0 Å². The van der Waals surface area contributed by atoms with E-state index >= 15 is 0 Å². The van der Waals surface area contributed by atoms with Crippen LogP contribution in [0.25, 0.3) is 0 Å². The summed E-state index contributed by atoms with van der Waals surface area (Å²) in [5, 5.41) is 3.52. The van der Waals surface area contributed by atoms with Crippen molar-refractivity contribution in [1.82, 2.24) is 9.78 Å². The summed E-state index contributed by atoms with van der Waals surface area (Å²) in [5.41, 5.74) is -0.356. The molecule has 0 saturated carbocycles. The third-order valence-electron chi connectivity index (χ3n) is 1.50. The SMILES string of the molecule is CC(=O)COc1cc(C(F)F)nn1C. The second-order valence-electron chi connectivity index (χ2n) is 2.82. The Labute approximate surface area is 79.5 Å². The van der Waals surface area contributed by atoms with Crippen LogP contribution in [0.15, 0.2) is 6.07 Å². The molecule has 6 heteroatoms. The van der Waals surface area contributed by atoms with Crippen LogP contribution in [0.1, 0.15) is 19.0 Å². The molecule has 0 spiro atoms. The van der Waals surface area contributed by atoms with Gasteiger partial charge < -0.3 is 4.74 Å². The highest BCUT2D eigenvalue weighted by Gasteiger charge is 2.14. The Morgan fingerprint density at radius 3 is 2.79 bits per heavy atom. The predicted molar refractivity (Wildman–Crippen MR) is 44.3 cm³/mol. The van der Waals surface area contributed by atoms with Crippen molar-refractivity contribution in [3.05, 3.63) is 11.8 Å². The standard InChI is InChI=1S/C8H10F2N2O2/c1-5(13)4-14-7-3-6(8(9)10)11-12(7)2/h3,8H,4H2,1-2H3. The lowest BCUT2D eigenvalue weighted by Gasteiger charge is -2.01. The van der Waals surface area contributed by atoms with E-state index in [9.17, 15) is 13.6 Å². The van der Waals surface area contributed by atoms with Gasteiger partial charge in [0.05, 0.1) is 0 Å². The molecule has 0 atom stereocenters. The number of carbonyl (C=O) groups excluding carboxylic acids is 1. The van der Waals surface area contributed by atoms with Crippen molar-refractivity contribution in [1.29, 1.82) is 0 Å². The van der Waals surface area contributed by atoms with Crippen molar-refractivity contribution < 1.29 is 18.3 Å². The van der Waals surface area contributed by atoms with Gasteiger partial charge in [-0.2, -0.15) is 5.10 Å². The number of Topliss-reactive ketones (excluding diaryl/α,β-unsaturated/α-hetero) is 1. The number of aromatic nitrogens is 2. The molecular weight excluding hydrogens is 194 g/mol. The molecular formula is C8H10F2N2O2. The molecule has 1 rings (SSSR count). The minimum atomic E-state index is -2.63. The Hall–Kier alpha value is -1.46. The van der Waals surface area contributed by atoms with E-state index in [0.29, 0.717) is 0 Å². The maximum Gasteiger partial charge on any atom is 0.282 e. The number of hydrogen-bond donors (Lipinski definition) is 0. The topological polar surface area (TPSA) is 44.1 Å². The van der Waals surface area contributed by atoms with Crippen LogP contribution in [0.2, 0.25) is 0 Å². The molecule has 1 heterocycles. The third-order valence-corrected chi connectivity index (χ3v) is 1.50. The first kappa shape index (κ1) is 10.6. The van der Waals surface area contributed by atoms with E-state index in [4.69, 9.17) is 4.74 Å². The van der Waals surface area contributed by atoms with Crippen molar-refractivity contribution in [2.75, 3.05) is 6.61 Å². The summed E-state index contributed by atoms with van der Waals surface area (Å²) in [6, 6.07) is 1.12. The smallest absolute Gasteiger partial charge is 0.282 e. The molecule has 78 valence electrons. The molecule has 0 aromatic carbocycles. The zero-order valence-electron chi connectivity index (χ0n) is 7.83. The van der Waals surface area contributed by atoms with Gasteiger partial charge in [-0.25, -0.2) is 13.5 Å². The Kier molecular flexibility index (Phi) is 3.16. The molecule has 0 bridgehead atoms. The third kappa shape index (κ3) is 2.51. The first-order chi connectivity index (χ1) is 6.50. The summed E-state index contributed by atoms with van der Waals surface area (Å²) < 4.78 is 30.4. The van der Waals surface area contributed by atoms with Gasteiger partial charge in [-0.05, 0) is 6.92 Å². The van der Waals surface area contributed by atoms with Crippen LogP contribution in [-0.2, 0) is 11.8 Å². The van der Waals surface area contributed by atoms with Gasteiger partial charge in [0.1, 0.15) is 12.3 Å². The fourth-order valence-electron chi connectivity index (χ4n) is 0.889. The van der Waals surface area contributed by atoms with Crippen LogP contribution in [0.3, 0.4) is 0 Å². The first-order valence-corrected chi connectivity index (χ1v) is 3.95. The number of ether oxygens (including phenoxy) is 1. The van der Waals surface area contributed by atoms with Gasteiger partial charge in [0.2, 0.25) is 5.88 Å². The first-order valence-electron chi connectivity index (χ1n) is 3.95. The molecule has 1 aromatic heterocycles. The second-order valence-corrected chi connectivity index (χ2v) is 2.82. The number of rotatable bonds is 4. The van der Waals surface area contributed by atoms with E-state index in [1.807, 2.05) is 0 Å². The molecule has 0 N–H and O–H groups in total. The second kappa shape index (κ2) is 4.17. The number of carbonyl (C=O) groups is 1. The average molecular weight is 204 g/mol. The van der Waals surface area contributed by atoms with E-state index in [1.165, 1.54) is 18.7 Å². The summed E-state index contributed by atoms with van der Waals surface area (Å²) in [6.07, 6.45) is -2.63. The van der Waals surface area contributed by atoms with Crippen molar-refractivity contribution >= 4 is 5.78 Å². The zero-order valence-corrected chi connectivity index (χ0v) is 7.83. The minimum Gasteiger partial charge on any atom is -0.470 e. The molecule has 0 fully saturated rings. The summed E-state index contributed by atoms with van der Waals surface area (Å²) in [7, 11) is 1.47. The molecule has 14 heavy (non-hydrogen) atoms. The van der Waals surface area contributed by atoms with Gasteiger partial charge in [0.15, 0.2) is 5.78 Å². The van der Waals surface area contributed by atoms with E-state index in [0.717, 1.165) is 6.07 Å². The highest BCUT2D eigenvalue weighted by Crippen LogP contribution is 2.21. The van der Waals surface area contributed by atoms with E-state index in [-0.39, 0.29) is 24.0 Å². The Balaban J connectivity index is 2.72. The lowest BCUT2D eigenvalue weighted by Crippen LogP contribution is -2.09. The van der Waals surface area contributed by atoms with Crippen LogP contribution in [0, 0.1) is 0 Å². The number of nitrogens with zero attached hydrogens (tertiary/aromatic N) is 2. The molecule has 4 nitrogen and oxygen atoms in total. The van der Waals surface area contributed by atoms with Gasteiger partial charge in [-0.1, -0.05) is 0 Å². The maximum atomic E-state index is 12.2. The van der Waals surface area contributed by atoms with Crippen LogP contribution in [-0.4, -0.2) is 22.2 Å². The van der Waals surface area contributed by atoms with Gasteiger partial charge in [-0.3, -0.25) is 4.79 Å². The molecule has 0 saturated heterocycles. The lowest BCUT2D eigenvalue weighted by molar-refractivity contribution is -0.119. The van der Waals surface area contributed by atoms with Crippen LogP contribution < -0.4 is 4.74 Å². The number of ketones is 1. The lowest BCUT2D eigenvalue weighted by atomic mass is 10.4. The van der Waals surface area contributed by atoms with Crippen molar-refractivity contribution in [2.24, 2.45) is 7.05 Å². The van der Waals surface area contributed by atoms with Crippen molar-refractivity contribution in [2.45, 2.75) is 13.3 Å². The summed E-state index contributed by atoms with van der Waals surface area (Å²) in [4.78, 5) is 10.6. The Morgan fingerprint density at radius 1 is 1.71 bits per heavy atom. The van der Waals surface area contributed by atoms with E-state index in [2.05, 4.69) is 5.10 Å². The molecule has 0 unspecified atom stereocenters. The molecule has 0 aliphatic heterocycles. The Morgan fingerprint density at radius 2 is 2.36 bits per heavy atom. The molecule has 0 aliphatic rings. The van der Waals surface area contributed by atoms with Crippen molar-refractivity contribution in [3.63, 3.8) is 0 Å².